The molecule has 1 spiro atoms. The smallest absolute Gasteiger partial charge is 0.251 e. The highest BCUT2D eigenvalue weighted by Gasteiger charge is 2.76. The van der Waals surface area contributed by atoms with E-state index >= 15 is 0 Å². The lowest BCUT2D eigenvalue weighted by Crippen LogP contribution is -2.59. The zero-order valence-corrected chi connectivity index (χ0v) is 24.9. The fraction of sp³-hybridized carbons (Fsp3) is 0.567. The summed E-state index contributed by atoms with van der Waals surface area (Å²) in [6, 6.07) is 4.04. The Morgan fingerprint density at radius 3 is 2.56 bits per heavy atom. The molecule has 7 nitrogen and oxygen atoms in total. The number of likely N-dealkylation sites (tertiary alicyclic amines) is 1. The summed E-state index contributed by atoms with van der Waals surface area (Å²) in [7, 11) is 0. The van der Waals surface area contributed by atoms with Gasteiger partial charge in [0, 0.05) is 24.9 Å². The predicted octanol–water partition coefficient (Wildman–Crippen LogP) is 4.31. The van der Waals surface area contributed by atoms with E-state index in [0.29, 0.717) is 23.8 Å². The van der Waals surface area contributed by atoms with Crippen LogP contribution in [-0.4, -0.2) is 80.9 Å². The van der Waals surface area contributed by atoms with E-state index in [1.807, 2.05) is 26.0 Å². The van der Waals surface area contributed by atoms with Crippen molar-refractivity contribution in [2.24, 2.45) is 17.8 Å². The summed E-state index contributed by atoms with van der Waals surface area (Å²) in [6.07, 6.45) is 4.91. The molecule has 0 aliphatic carbocycles. The quantitative estimate of drug-likeness (QED) is 0.399. The Morgan fingerprint density at radius 1 is 1.28 bits per heavy atom. The zero-order valence-electron chi connectivity index (χ0n) is 23.3. The van der Waals surface area contributed by atoms with Gasteiger partial charge in [0.1, 0.15) is 6.04 Å². The van der Waals surface area contributed by atoms with E-state index in [2.05, 4.69) is 20.1 Å². The third-order valence-electron chi connectivity index (χ3n) is 8.63. The van der Waals surface area contributed by atoms with Crippen LogP contribution >= 0.6 is 23.4 Å². The number of fused-ring (bicyclic) bond motifs is 1. The molecule has 1 aromatic rings. The monoisotopic (exact) mass is 573 g/mol. The number of hydrogen-bond donors (Lipinski definition) is 1. The fourth-order valence-electron chi connectivity index (χ4n) is 7.04. The van der Waals surface area contributed by atoms with Crippen LogP contribution in [-0.2, 0) is 14.4 Å². The number of benzene rings is 1. The lowest BCUT2D eigenvalue weighted by atomic mass is 9.65. The number of carbonyl (C=O) groups excluding carboxylic acids is 3. The molecule has 9 heteroatoms. The predicted molar refractivity (Wildman–Crippen MR) is 158 cm³/mol. The van der Waals surface area contributed by atoms with Gasteiger partial charge < -0.3 is 19.8 Å². The van der Waals surface area contributed by atoms with E-state index in [0.717, 1.165) is 18.4 Å². The molecule has 212 valence electrons. The molecule has 3 aliphatic rings. The van der Waals surface area contributed by atoms with Crippen molar-refractivity contribution in [2.75, 3.05) is 31.1 Å². The molecule has 0 saturated carbocycles. The maximum Gasteiger partial charge on any atom is 0.251 e. The number of para-hydroxylation sites is 1. The topological polar surface area (TPSA) is 81.2 Å². The average Bonchev–Trinajstić information content (AvgIpc) is 3.50. The van der Waals surface area contributed by atoms with Crippen LogP contribution in [0.15, 0.2) is 43.5 Å². The molecule has 0 aromatic heterocycles. The van der Waals surface area contributed by atoms with Crippen LogP contribution in [0.3, 0.4) is 0 Å². The van der Waals surface area contributed by atoms with Gasteiger partial charge in [-0.3, -0.25) is 14.4 Å². The molecule has 1 aromatic carbocycles. The van der Waals surface area contributed by atoms with E-state index in [1.54, 1.807) is 51.6 Å². The van der Waals surface area contributed by atoms with E-state index in [9.17, 15) is 19.5 Å². The minimum Gasteiger partial charge on any atom is -0.394 e. The number of rotatable bonds is 11. The van der Waals surface area contributed by atoms with Crippen molar-refractivity contribution in [3.05, 3.63) is 54.1 Å². The second-order valence-corrected chi connectivity index (χ2v) is 13.0. The van der Waals surface area contributed by atoms with Crippen molar-refractivity contribution in [3.63, 3.8) is 0 Å². The Balaban J connectivity index is 1.85. The largest absolute Gasteiger partial charge is 0.394 e. The SMILES string of the molecule is C=CCN(CCC)C(=O)[C@@H]1[C@@H]2CC(C)C3(S2)C(C(=O)N(CC=C)c2c(C)cccc2Cl)N([C@H](C)CO)C(=O)[C@H]13. The van der Waals surface area contributed by atoms with Crippen molar-refractivity contribution in [1.82, 2.24) is 9.80 Å². The lowest BCUT2D eigenvalue weighted by molar-refractivity contribution is -0.145. The molecule has 3 fully saturated rings. The van der Waals surface area contributed by atoms with Crippen LogP contribution in [0.2, 0.25) is 5.02 Å². The van der Waals surface area contributed by atoms with Crippen molar-refractivity contribution >= 4 is 46.8 Å². The molecule has 1 N–H and O–H groups in total. The van der Waals surface area contributed by atoms with Gasteiger partial charge in [0.15, 0.2) is 0 Å². The molecule has 7 atom stereocenters. The van der Waals surface area contributed by atoms with Gasteiger partial charge in [0.05, 0.1) is 39.9 Å². The molecule has 4 rings (SSSR count). The third-order valence-corrected chi connectivity index (χ3v) is 11.0. The summed E-state index contributed by atoms with van der Waals surface area (Å²) >= 11 is 8.26. The Bertz CT molecular complexity index is 1140. The number of hydrogen-bond acceptors (Lipinski definition) is 5. The molecular formula is C30H40ClN3O4S. The number of aryl methyl sites for hydroxylation is 1. The first-order valence-corrected chi connectivity index (χ1v) is 15.0. The molecule has 3 unspecified atom stereocenters. The molecule has 3 saturated heterocycles. The number of nitrogens with zero attached hydrogens (tertiary/aromatic N) is 3. The number of thioether (sulfide) groups is 1. The van der Waals surface area contributed by atoms with E-state index < -0.39 is 28.7 Å². The minimum absolute atomic E-state index is 0.0206. The number of aliphatic hydroxyl groups is 1. The Morgan fingerprint density at radius 2 is 1.97 bits per heavy atom. The van der Waals surface area contributed by atoms with Crippen LogP contribution in [0.5, 0.6) is 0 Å². The normalized spacial score (nSPS) is 29.7. The third kappa shape index (κ3) is 4.62. The van der Waals surface area contributed by atoms with Crippen molar-refractivity contribution in [2.45, 2.75) is 62.6 Å². The summed E-state index contributed by atoms with van der Waals surface area (Å²) in [6.45, 7) is 16.4. The van der Waals surface area contributed by atoms with Gasteiger partial charge in [-0.05, 0) is 44.2 Å². The first kappa shape index (κ1) is 29.7. The molecule has 3 heterocycles. The Kier molecular flexibility index (Phi) is 8.89. The van der Waals surface area contributed by atoms with Gasteiger partial charge in [-0.1, -0.05) is 49.7 Å². The molecule has 3 aliphatic heterocycles. The van der Waals surface area contributed by atoms with Crippen molar-refractivity contribution in [1.29, 1.82) is 0 Å². The van der Waals surface area contributed by atoms with Crippen LogP contribution in [0.25, 0.3) is 0 Å². The van der Waals surface area contributed by atoms with Crippen LogP contribution in [0.1, 0.15) is 39.2 Å². The van der Waals surface area contributed by atoms with Gasteiger partial charge in [-0.15, -0.1) is 24.9 Å². The number of amides is 3. The first-order chi connectivity index (χ1) is 18.6. The summed E-state index contributed by atoms with van der Waals surface area (Å²) in [5.41, 5.74) is 1.42. The number of aliphatic hydroxyl groups excluding tert-OH is 1. The maximum absolute atomic E-state index is 14.7. The van der Waals surface area contributed by atoms with Gasteiger partial charge in [0.25, 0.3) is 5.91 Å². The summed E-state index contributed by atoms with van der Waals surface area (Å²) < 4.78 is -0.788. The van der Waals surface area contributed by atoms with Crippen molar-refractivity contribution in [3.8, 4) is 0 Å². The zero-order chi connectivity index (χ0) is 28.6. The highest BCUT2D eigenvalue weighted by atomic mass is 35.5. The second-order valence-electron chi connectivity index (χ2n) is 11.0. The Hall–Kier alpha value is -2.29. The standard InChI is InChI=1S/C30H40ClN3O4S/c1-7-13-32(14-8-2)27(36)23-22-16-19(5)30(39-22)24(23)28(37)34(20(6)17-35)26(30)29(38)33(15-9-3)25-18(4)11-10-12-21(25)31/h7,9-12,19-20,22-24,26,35H,1,3,8,13-17H2,2,4-6H3/t19?,20-,22+,23-,24+,26?,30?/m1/s1. The maximum atomic E-state index is 14.7. The van der Waals surface area contributed by atoms with E-state index in [1.165, 1.54) is 0 Å². The molecule has 0 radical (unpaired) electrons. The van der Waals surface area contributed by atoms with Crippen LogP contribution in [0.4, 0.5) is 5.69 Å². The second kappa shape index (κ2) is 11.7. The number of anilines is 1. The first-order valence-electron chi connectivity index (χ1n) is 13.8. The highest BCUT2D eigenvalue weighted by Crippen LogP contribution is 2.69. The van der Waals surface area contributed by atoms with E-state index in [4.69, 9.17) is 11.6 Å². The number of halogens is 1. The molecular weight excluding hydrogens is 534 g/mol. The highest BCUT2D eigenvalue weighted by molar-refractivity contribution is 8.02. The summed E-state index contributed by atoms with van der Waals surface area (Å²) in [5, 5.41) is 10.6. The van der Waals surface area contributed by atoms with Gasteiger partial charge >= 0.3 is 0 Å². The van der Waals surface area contributed by atoms with Crippen LogP contribution < -0.4 is 4.90 Å². The fourth-order valence-corrected chi connectivity index (χ4v) is 9.76. The molecule has 2 bridgehead atoms. The van der Waals surface area contributed by atoms with Gasteiger partial charge in [-0.25, -0.2) is 0 Å². The van der Waals surface area contributed by atoms with Crippen molar-refractivity contribution < 1.29 is 19.5 Å². The number of carbonyl (C=O) groups is 3. The van der Waals surface area contributed by atoms with Gasteiger partial charge in [0.2, 0.25) is 11.8 Å². The minimum atomic E-state index is -0.852. The average molecular weight is 574 g/mol. The lowest BCUT2D eigenvalue weighted by Gasteiger charge is -2.42. The van der Waals surface area contributed by atoms with Gasteiger partial charge in [-0.2, -0.15) is 0 Å². The molecule has 3 amide bonds. The summed E-state index contributed by atoms with van der Waals surface area (Å²) in [5.74, 6) is -1.67. The van der Waals surface area contributed by atoms with E-state index in [-0.39, 0.29) is 42.0 Å². The summed E-state index contributed by atoms with van der Waals surface area (Å²) in [4.78, 5) is 48.0. The van der Waals surface area contributed by atoms with Crippen LogP contribution in [0, 0.1) is 24.7 Å². The Labute approximate surface area is 241 Å². The molecule has 39 heavy (non-hydrogen) atoms.